The number of methoxy groups -OCH3 is 1. The van der Waals surface area contributed by atoms with E-state index in [4.69, 9.17) is 4.74 Å². The molecule has 2 aromatic rings. The first kappa shape index (κ1) is 20.8. The molecule has 27 heavy (non-hydrogen) atoms. The molecule has 0 saturated heterocycles. The Balaban J connectivity index is 2.49. The van der Waals surface area contributed by atoms with Gasteiger partial charge < -0.3 is 10.1 Å². The van der Waals surface area contributed by atoms with Crippen LogP contribution in [0.4, 0.5) is 5.69 Å². The third-order valence-corrected chi connectivity index (χ3v) is 6.04. The van der Waals surface area contributed by atoms with E-state index >= 15 is 0 Å². The summed E-state index contributed by atoms with van der Waals surface area (Å²) >= 11 is 0. The van der Waals surface area contributed by atoms with Crippen molar-refractivity contribution in [3.05, 3.63) is 54.1 Å². The molecule has 0 aliphatic heterocycles. The van der Waals surface area contributed by atoms with E-state index < -0.39 is 10.0 Å². The van der Waals surface area contributed by atoms with Crippen molar-refractivity contribution in [3.63, 3.8) is 0 Å². The van der Waals surface area contributed by atoms with Crippen LogP contribution >= 0.6 is 0 Å². The molecule has 0 aliphatic rings. The highest BCUT2D eigenvalue weighted by Crippen LogP contribution is 2.32. The van der Waals surface area contributed by atoms with Crippen LogP contribution in [0.5, 0.6) is 5.75 Å². The number of aryl methyl sites for hydroxylation is 1. The molecule has 7 heteroatoms. The van der Waals surface area contributed by atoms with Gasteiger partial charge in [0.1, 0.15) is 12.3 Å². The number of rotatable bonds is 8. The Hall–Kier alpha value is -2.54. The third-order valence-electron chi connectivity index (χ3n) is 4.27. The van der Waals surface area contributed by atoms with Crippen molar-refractivity contribution in [1.29, 1.82) is 0 Å². The van der Waals surface area contributed by atoms with E-state index in [1.807, 2.05) is 20.8 Å². The van der Waals surface area contributed by atoms with Crippen molar-refractivity contribution in [1.82, 2.24) is 5.32 Å². The molecule has 6 nitrogen and oxygen atoms in total. The number of carbonyl (C=O) groups excluding carboxylic acids is 1. The van der Waals surface area contributed by atoms with Gasteiger partial charge in [-0.25, -0.2) is 8.42 Å². The molecule has 2 rings (SSSR count). The monoisotopic (exact) mass is 390 g/mol. The highest BCUT2D eigenvalue weighted by molar-refractivity contribution is 7.92. The molecule has 0 aromatic heterocycles. The van der Waals surface area contributed by atoms with Gasteiger partial charge in [0.15, 0.2) is 0 Å². The first-order valence-electron chi connectivity index (χ1n) is 8.81. The first-order chi connectivity index (χ1) is 12.8. The number of nitrogens with one attached hydrogen (secondary N) is 1. The van der Waals surface area contributed by atoms with Gasteiger partial charge in [-0.2, -0.15) is 0 Å². The predicted molar refractivity (Wildman–Crippen MR) is 107 cm³/mol. The van der Waals surface area contributed by atoms with E-state index in [1.165, 1.54) is 7.11 Å². The average molecular weight is 391 g/mol. The minimum absolute atomic E-state index is 0.0425. The van der Waals surface area contributed by atoms with Crippen LogP contribution in [0.25, 0.3) is 0 Å². The molecule has 0 heterocycles. The normalized spacial score (nSPS) is 12.3. The summed E-state index contributed by atoms with van der Waals surface area (Å²) in [5, 5.41) is 2.81. The molecule has 0 spiro atoms. The van der Waals surface area contributed by atoms with Crippen LogP contribution in [-0.2, 0) is 14.8 Å². The fourth-order valence-corrected chi connectivity index (χ4v) is 3.96. The summed E-state index contributed by atoms with van der Waals surface area (Å²) in [6, 6.07) is 13.2. The molecule has 0 saturated carbocycles. The Morgan fingerprint density at radius 2 is 1.78 bits per heavy atom. The van der Waals surface area contributed by atoms with Gasteiger partial charge in [-0.05, 0) is 44.5 Å². The third kappa shape index (κ3) is 5.01. The van der Waals surface area contributed by atoms with Crippen LogP contribution in [0, 0.1) is 6.92 Å². The molecule has 1 atom stereocenters. The highest BCUT2D eigenvalue weighted by atomic mass is 32.2. The maximum Gasteiger partial charge on any atom is 0.264 e. The van der Waals surface area contributed by atoms with Gasteiger partial charge >= 0.3 is 0 Å². The number of anilines is 1. The van der Waals surface area contributed by atoms with Crippen molar-refractivity contribution in [3.8, 4) is 5.75 Å². The quantitative estimate of drug-likeness (QED) is 0.751. The maximum absolute atomic E-state index is 13.3. The predicted octanol–water partition coefficient (Wildman–Crippen LogP) is 3.11. The molecule has 0 radical (unpaired) electrons. The maximum atomic E-state index is 13.3. The number of benzene rings is 2. The van der Waals surface area contributed by atoms with E-state index in [2.05, 4.69) is 5.32 Å². The minimum Gasteiger partial charge on any atom is -0.495 e. The molecule has 1 N–H and O–H groups in total. The van der Waals surface area contributed by atoms with Crippen LogP contribution in [0.3, 0.4) is 0 Å². The second-order valence-electron chi connectivity index (χ2n) is 6.37. The van der Waals surface area contributed by atoms with Crippen LogP contribution in [0.15, 0.2) is 53.4 Å². The zero-order valence-electron chi connectivity index (χ0n) is 16.1. The van der Waals surface area contributed by atoms with Crippen LogP contribution in [0.2, 0.25) is 0 Å². The van der Waals surface area contributed by atoms with Gasteiger partial charge in [-0.3, -0.25) is 9.10 Å². The molecular formula is C20H26N2O4S. The average Bonchev–Trinajstić information content (AvgIpc) is 2.66. The van der Waals surface area contributed by atoms with Gasteiger partial charge in [0.05, 0.1) is 17.7 Å². The van der Waals surface area contributed by atoms with Crippen LogP contribution < -0.4 is 14.4 Å². The van der Waals surface area contributed by atoms with Gasteiger partial charge in [0, 0.05) is 6.04 Å². The van der Waals surface area contributed by atoms with Gasteiger partial charge in [-0.15, -0.1) is 0 Å². The molecule has 2 aromatic carbocycles. The lowest BCUT2D eigenvalue weighted by molar-refractivity contribution is -0.120. The fraction of sp³-hybridized carbons (Fsp3) is 0.350. The Kier molecular flexibility index (Phi) is 6.85. The van der Waals surface area contributed by atoms with E-state index in [1.54, 1.807) is 48.5 Å². The summed E-state index contributed by atoms with van der Waals surface area (Å²) in [5.41, 5.74) is 1.27. The Labute approximate surface area is 161 Å². The summed E-state index contributed by atoms with van der Waals surface area (Å²) in [4.78, 5) is 12.6. The minimum atomic E-state index is -3.95. The standard InChI is InChI=1S/C20H26N2O4S/c1-5-16(3)21-20(23)14-22(18-8-6-7-9-19(18)26-4)27(24,25)17-12-10-15(2)11-13-17/h6-13,16H,5,14H2,1-4H3,(H,21,23)/t16-/m1/s1. The summed E-state index contributed by atoms with van der Waals surface area (Å²) in [6.07, 6.45) is 0.755. The number of sulfonamides is 1. The summed E-state index contributed by atoms with van der Waals surface area (Å²) < 4.78 is 33.0. The van der Waals surface area contributed by atoms with Crippen molar-refractivity contribution in [2.75, 3.05) is 18.0 Å². The number of carbonyl (C=O) groups is 1. The Morgan fingerprint density at radius 3 is 2.37 bits per heavy atom. The lowest BCUT2D eigenvalue weighted by atomic mass is 10.2. The van der Waals surface area contributed by atoms with E-state index in [0.717, 1.165) is 16.3 Å². The Bertz CT molecular complexity index is 879. The van der Waals surface area contributed by atoms with Crippen molar-refractivity contribution in [2.24, 2.45) is 0 Å². The number of nitrogens with zero attached hydrogens (tertiary/aromatic N) is 1. The smallest absolute Gasteiger partial charge is 0.264 e. The highest BCUT2D eigenvalue weighted by Gasteiger charge is 2.29. The molecule has 0 unspecified atom stereocenters. The van der Waals surface area contributed by atoms with Crippen LogP contribution in [0.1, 0.15) is 25.8 Å². The lowest BCUT2D eigenvalue weighted by Gasteiger charge is -2.26. The summed E-state index contributed by atoms with van der Waals surface area (Å²) in [7, 11) is -2.48. The van der Waals surface area contributed by atoms with Gasteiger partial charge in [0.2, 0.25) is 5.91 Å². The summed E-state index contributed by atoms with van der Waals surface area (Å²) in [6.45, 7) is 5.38. The molecule has 0 fully saturated rings. The molecular weight excluding hydrogens is 364 g/mol. The number of amides is 1. The Morgan fingerprint density at radius 1 is 1.15 bits per heavy atom. The largest absolute Gasteiger partial charge is 0.495 e. The molecule has 0 aliphatic carbocycles. The van der Waals surface area contributed by atoms with E-state index in [0.29, 0.717) is 11.4 Å². The first-order valence-corrected chi connectivity index (χ1v) is 10.3. The zero-order valence-corrected chi connectivity index (χ0v) is 16.9. The van der Waals surface area contributed by atoms with E-state index in [-0.39, 0.29) is 23.4 Å². The topological polar surface area (TPSA) is 75.7 Å². The van der Waals surface area contributed by atoms with Crippen molar-refractivity contribution in [2.45, 2.75) is 38.1 Å². The van der Waals surface area contributed by atoms with Gasteiger partial charge in [-0.1, -0.05) is 36.8 Å². The van der Waals surface area contributed by atoms with Gasteiger partial charge in [0.25, 0.3) is 10.0 Å². The zero-order chi connectivity index (χ0) is 20.0. The number of hydrogen-bond donors (Lipinski definition) is 1. The lowest BCUT2D eigenvalue weighted by Crippen LogP contribution is -2.43. The second kappa shape index (κ2) is 8.90. The summed E-state index contributed by atoms with van der Waals surface area (Å²) in [5.74, 6) is 0.00969. The number of para-hydroxylation sites is 2. The fourth-order valence-electron chi connectivity index (χ4n) is 2.53. The second-order valence-corrected chi connectivity index (χ2v) is 8.24. The molecule has 1 amide bonds. The SMILES string of the molecule is CC[C@@H](C)NC(=O)CN(c1ccccc1OC)S(=O)(=O)c1ccc(C)cc1. The molecule has 146 valence electrons. The number of hydrogen-bond acceptors (Lipinski definition) is 4. The van der Waals surface area contributed by atoms with E-state index in [9.17, 15) is 13.2 Å². The molecule has 0 bridgehead atoms. The van der Waals surface area contributed by atoms with Crippen molar-refractivity contribution < 1.29 is 17.9 Å². The van der Waals surface area contributed by atoms with Crippen LogP contribution in [-0.4, -0.2) is 34.0 Å². The van der Waals surface area contributed by atoms with Crippen molar-refractivity contribution >= 4 is 21.6 Å². The number of ether oxygens (including phenoxy) is 1.